The van der Waals surface area contributed by atoms with Gasteiger partial charge in [-0.15, -0.1) is 11.8 Å². The first-order valence-electron chi connectivity index (χ1n) is 7.52. The van der Waals surface area contributed by atoms with Crippen LogP contribution in [0.1, 0.15) is 17.2 Å². The van der Waals surface area contributed by atoms with Gasteiger partial charge in [-0.2, -0.15) is 10.2 Å². The Hall–Kier alpha value is -2.39. The molecule has 3 aromatic rings. The fraction of sp³-hybridized carbons (Fsp3) is 0.100. The van der Waals surface area contributed by atoms with Gasteiger partial charge in [0, 0.05) is 4.90 Å². The van der Waals surface area contributed by atoms with Crippen molar-refractivity contribution in [2.24, 2.45) is 10.2 Å². The molecule has 0 atom stereocenters. The lowest BCUT2D eigenvalue weighted by Gasteiger charge is -2.12. The van der Waals surface area contributed by atoms with Crippen LogP contribution in [0.15, 0.2) is 100 Å². The van der Waals surface area contributed by atoms with Crippen molar-refractivity contribution < 1.29 is 0 Å². The van der Waals surface area contributed by atoms with Gasteiger partial charge in [0.25, 0.3) is 0 Å². The predicted octanol–water partition coefficient (Wildman–Crippen LogP) is 6.28. The molecule has 2 nitrogen and oxygen atoms in total. The summed E-state index contributed by atoms with van der Waals surface area (Å²) >= 11 is 1.68. The summed E-state index contributed by atoms with van der Waals surface area (Å²) < 4.78 is 0. The van der Waals surface area contributed by atoms with Gasteiger partial charge in [0.05, 0.1) is 5.69 Å². The van der Waals surface area contributed by atoms with E-state index in [2.05, 4.69) is 46.8 Å². The molecule has 0 saturated heterocycles. The third-order valence-corrected chi connectivity index (χ3v) is 4.38. The van der Waals surface area contributed by atoms with Crippen molar-refractivity contribution in [2.45, 2.75) is 10.9 Å². The third-order valence-electron chi connectivity index (χ3n) is 3.60. The topological polar surface area (TPSA) is 24.7 Å². The SMILES string of the molecule is CSc1ccccc1N=NC(c1ccccc1)c1ccccc1. The van der Waals surface area contributed by atoms with Crippen molar-refractivity contribution in [2.75, 3.05) is 6.26 Å². The van der Waals surface area contributed by atoms with E-state index in [1.165, 1.54) is 0 Å². The van der Waals surface area contributed by atoms with Gasteiger partial charge >= 0.3 is 0 Å². The maximum Gasteiger partial charge on any atom is 0.121 e. The first-order chi connectivity index (χ1) is 11.4. The van der Waals surface area contributed by atoms with Gasteiger partial charge in [0.1, 0.15) is 6.04 Å². The van der Waals surface area contributed by atoms with E-state index in [4.69, 9.17) is 0 Å². The second-order valence-corrected chi connectivity index (χ2v) is 5.96. The van der Waals surface area contributed by atoms with E-state index in [1.54, 1.807) is 11.8 Å². The highest BCUT2D eigenvalue weighted by Crippen LogP contribution is 2.31. The molecule has 0 N–H and O–H groups in total. The number of hydrogen-bond donors (Lipinski definition) is 0. The molecular weight excluding hydrogens is 300 g/mol. The van der Waals surface area contributed by atoms with Crippen LogP contribution >= 0.6 is 11.8 Å². The van der Waals surface area contributed by atoms with Crippen molar-refractivity contribution in [3.05, 3.63) is 96.1 Å². The van der Waals surface area contributed by atoms with Gasteiger partial charge in [0.15, 0.2) is 0 Å². The molecule has 0 aliphatic heterocycles. The number of rotatable bonds is 5. The zero-order valence-electron chi connectivity index (χ0n) is 13.0. The first-order valence-corrected chi connectivity index (χ1v) is 8.74. The first kappa shape index (κ1) is 15.5. The van der Waals surface area contributed by atoms with Crippen LogP contribution in [-0.4, -0.2) is 6.26 Å². The van der Waals surface area contributed by atoms with E-state index < -0.39 is 0 Å². The molecule has 0 aliphatic carbocycles. The lowest BCUT2D eigenvalue weighted by Crippen LogP contribution is -1.96. The minimum atomic E-state index is -0.0905. The summed E-state index contributed by atoms with van der Waals surface area (Å²) in [4.78, 5) is 1.14. The molecule has 114 valence electrons. The highest BCUT2D eigenvalue weighted by atomic mass is 32.2. The zero-order valence-corrected chi connectivity index (χ0v) is 13.8. The maximum absolute atomic E-state index is 4.65. The molecule has 0 fully saturated rings. The van der Waals surface area contributed by atoms with Crippen LogP contribution < -0.4 is 0 Å². The van der Waals surface area contributed by atoms with Gasteiger partial charge in [-0.25, -0.2) is 0 Å². The summed E-state index contributed by atoms with van der Waals surface area (Å²) in [5.41, 5.74) is 3.20. The molecule has 0 aromatic heterocycles. The van der Waals surface area contributed by atoms with Gasteiger partial charge in [-0.3, -0.25) is 0 Å². The number of thioether (sulfide) groups is 1. The lowest BCUT2D eigenvalue weighted by molar-refractivity contribution is 0.807. The molecule has 3 aromatic carbocycles. The Morgan fingerprint density at radius 1 is 0.696 bits per heavy atom. The van der Waals surface area contributed by atoms with E-state index in [1.807, 2.05) is 54.6 Å². The van der Waals surface area contributed by atoms with Crippen molar-refractivity contribution in [3.63, 3.8) is 0 Å². The summed E-state index contributed by atoms with van der Waals surface area (Å²) in [5, 5.41) is 9.19. The van der Waals surface area contributed by atoms with Crippen LogP contribution in [0.5, 0.6) is 0 Å². The Kier molecular flexibility index (Phi) is 5.22. The van der Waals surface area contributed by atoms with E-state index in [9.17, 15) is 0 Å². The average Bonchev–Trinajstić information content (AvgIpc) is 2.64. The summed E-state index contributed by atoms with van der Waals surface area (Å²) in [5.74, 6) is 0. The molecule has 0 amide bonds. The summed E-state index contributed by atoms with van der Waals surface area (Å²) in [6.07, 6.45) is 2.06. The molecule has 0 bridgehead atoms. The fourth-order valence-electron chi connectivity index (χ4n) is 2.43. The van der Waals surface area contributed by atoms with Crippen molar-refractivity contribution in [1.82, 2.24) is 0 Å². The van der Waals surface area contributed by atoms with E-state index >= 15 is 0 Å². The van der Waals surface area contributed by atoms with Gasteiger partial charge < -0.3 is 0 Å². The number of nitrogens with zero attached hydrogens (tertiary/aromatic N) is 2. The number of benzene rings is 3. The largest absolute Gasteiger partial charge is 0.176 e. The Morgan fingerprint density at radius 3 is 1.78 bits per heavy atom. The maximum atomic E-state index is 4.65. The molecule has 0 spiro atoms. The van der Waals surface area contributed by atoms with Gasteiger partial charge in [-0.05, 0) is 29.5 Å². The monoisotopic (exact) mass is 318 g/mol. The molecule has 3 heteroatoms. The summed E-state index contributed by atoms with van der Waals surface area (Å²) in [7, 11) is 0. The Balaban J connectivity index is 1.98. The lowest BCUT2D eigenvalue weighted by atomic mass is 10.00. The van der Waals surface area contributed by atoms with Crippen molar-refractivity contribution in [1.29, 1.82) is 0 Å². The number of azo groups is 1. The average molecular weight is 318 g/mol. The normalized spacial score (nSPS) is 11.2. The smallest absolute Gasteiger partial charge is 0.121 e. The molecule has 0 unspecified atom stereocenters. The van der Waals surface area contributed by atoms with Crippen LogP contribution in [0.4, 0.5) is 5.69 Å². The van der Waals surface area contributed by atoms with E-state index in [-0.39, 0.29) is 6.04 Å². The predicted molar refractivity (Wildman–Crippen MR) is 97.5 cm³/mol. The quantitative estimate of drug-likeness (QED) is 0.401. The van der Waals surface area contributed by atoms with Crippen molar-refractivity contribution >= 4 is 17.4 Å². The highest BCUT2D eigenvalue weighted by Gasteiger charge is 2.12. The Labute approximate surface area is 141 Å². The molecule has 0 aliphatic rings. The summed E-state index contributed by atoms with van der Waals surface area (Å²) in [6, 6.07) is 28.6. The minimum Gasteiger partial charge on any atom is -0.176 e. The molecule has 0 saturated carbocycles. The highest BCUT2D eigenvalue weighted by molar-refractivity contribution is 7.98. The van der Waals surface area contributed by atoms with Gasteiger partial charge in [0.2, 0.25) is 0 Å². The summed E-state index contributed by atoms with van der Waals surface area (Å²) in [6.45, 7) is 0. The molecule has 23 heavy (non-hydrogen) atoms. The Bertz CT molecular complexity index is 730. The minimum absolute atomic E-state index is 0.0905. The Morgan fingerprint density at radius 2 is 1.22 bits per heavy atom. The molecule has 0 heterocycles. The fourth-order valence-corrected chi connectivity index (χ4v) is 2.96. The van der Waals surface area contributed by atoms with Crippen LogP contribution in [0, 0.1) is 0 Å². The molecule has 3 rings (SSSR count). The van der Waals surface area contributed by atoms with E-state index in [0.29, 0.717) is 0 Å². The zero-order chi connectivity index (χ0) is 15.9. The molecule has 0 radical (unpaired) electrons. The van der Waals surface area contributed by atoms with Gasteiger partial charge in [-0.1, -0.05) is 72.8 Å². The second-order valence-electron chi connectivity index (χ2n) is 5.11. The van der Waals surface area contributed by atoms with Crippen LogP contribution in [0.2, 0.25) is 0 Å². The van der Waals surface area contributed by atoms with Crippen LogP contribution in [0.25, 0.3) is 0 Å². The number of hydrogen-bond acceptors (Lipinski definition) is 3. The van der Waals surface area contributed by atoms with E-state index in [0.717, 1.165) is 21.7 Å². The van der Waals surface area contributed by atoms with Crippen LogP contribution in [-0.2, 0) is 0 Å². The van der Waals surface area contributed by atoms with Crippen LogP contribution in [0.3, 0.4) is 0 Å². The second kappa shape index (κ2) is 7.75. The third kappa shape index (κ3) is 3.88. The van der Waals surface area contributed by atoms with Crippen molar-refractivity contribution in [3.8, 4) is 0 Å². The standard InChI is InChI=1S/C20H18N2S/c1-23-19-15-9-8-14-18(19)21-22-20(16-10-4-2-5-11-16)17-12-6-3-7-13-17/h2-15,20H,1H3. The molecular formula is C20H18N2S.